The van der Waals surface area contributed by atoms with Crippen LogP contribution in [-0.4, -0.2) is 53.6 Å². The van der Waals surface area contributed by atoms with Gasteiger partial charge in [0.15, 0.2) is 5.16 Å². The molecule has 1 saturated carbocycles. The van der Waals surface area contributed by atoms with Gasteiger partial charge in [-0.2, -0.15) is 0 Å². The lowest BCUT2D eigenvalue weighted by Crippen LogP contribution is -2.51. The first-order valence-electron chi connectivity index (χ1n) is 8.12. The Morgan fingerprint density at radius 3 is 3.13 bits per heavy atom. The van der Waals surface area contributed by atoms with Crippen LogP contribution >= 0.6 is 11.8 Å². The zero-order valence-corrected chi connectivity index (χ0v) is 14.2. The van der Waals surface area contributed by atoms with Crippen LogP contribution in [0.1, 0.15) is 25.0 Å². The molecule has 2 aliphatic rings. The van der Waals surface area contributed by atoms with E-state index in [1.54, 1.807) is 6.20 Å². The number of aryl methyl sites for hydroxylation is 1. The summed E-state index contributed by atoms with van der Waals surface area (Å²) in [6.07, 6.45) is 5.15. The Morgan fingerprint density at radius 2 is 2.35 bits per heavy atom. The van der Waals surface area contributed by atoms with E-state index in [0.717, 1.165) is 24.6 Å². The lowest BCUT2D eigenvalue weighted by atomic mass is 10.1. The van der Waals surface area contributed by atoms with Crippen LogP contribution in [0.5, 0.6) is 0 Å². The van der Waals surface area contributed by atoms with Gasteiger partial charge in [-0.1, -0.05) is 11.8 Å². The fraction of sp³-hybridized carbons (Fsp3) is 0.688. The van der Waals surface area contributed by atoms with E-state index in [1.165, 1.54) is 24.6 Å². The minimum Gasteiger partial charge on any atom is -0.379 e. The summed E-state index contributed by atoms with van der Waals surface area (Å²) in [6.45, 7) is 3.94. The molecule has 0 bridgehead atoms. The number of hydrogen-bond acceptors (Lipinski definition) is 6. The fourth-order valence-corrected chi connectivity index (χ4v) is 3.16. The number of carbonyl (C=O) groups is 1. The molecule has 1 saturated heterocycles. The highest BCUT2D eigenvalue weighted by molar-refractivity contribution is 7.99. The summed E-state index contributed by atoms with van der Waals surface area (Å²) < 4.78 is 11.5. The van der Waals surface area contributed by atoms with Crippen LogP contribution in [0.25, 0.3) is 0 Å². The molecule has 2 fully saturated rings. The van der Waals surface area contributed by atoms with Gasteiger partial charge in [-0.15, -0.1) is 0 Å². The fourth-order valence-electron chi connectivity index (χ4n) is 2.47. The van der Waals surface area contributed by atoms with Crippen LogP contribution in [0.4, 0.5) is 0 Å². The summed E-state index contributed by atoms with van der Waals surface area (Å²) in [5.41, 5.74) is 0.900. The molecule has 6 nitrogen and oxygen atoms in total. The molecular weight excluding hydrogens is 314 g/mol. The summed E-state index contributed by atoms with van der Waals surface area (Å²) >= 11 is 1.34. The summed E-state index contributed by atoms with van der Waals surface area (Å²) in [7, 11) is 0. The topological polar surface area (TPSA) is 73.3 Å². The van der Waals surface area contributed by atoms with Crippen LogP contribution in [0.2, 0.25) is 0 Å². The molecule has 1 aromatic rings. The van der Waals surface area contributed by atoms with Gasteiger partial charge in [0, 0.05) is 25.1 Å². The van der Waals surface area contributed by atoms with Crippen LogP contribution in [-0.2, 0) is 14.3 Å². The van der Waals surface area contributed by atoms with Gasteiger partial charge < -0.3 is 14.8 Å². The Morgan fingerprint density at radius 1 is 1.48 bits per heavy atom. The Balaban J connectivity index is 1.44. The molecule has 126 valence electrons. The molecular formula is C16H23N3O3S. The summed E-state index contributed by atoms with van der Waals surface area (Å²) in [4.78, 5) is 20.6. The average Bonchev–Trinajstić information content (AvgIpc) is 3.37. The second-order valence-electron chi connectivity index (χ2n) is 6.12. The highest BCUT2D eigenvalue weighted by Crippen LogP contribution is 2.30. The van der Waals surface area contributed by atoms with E-state index in [2.05, 4.69) is 15.3 Å². The molecule has 2 atom stereocenters. The van der Waals surface area contributed by atoms with Gasteiger partial charge in [0.25, 0.3) is 0 Å². The van der Waals surface area contributed by atoms with E-state index in [1.807, 2.05) is 13.0 Å². The number of amides is 1. The number of carbonyl (C=O) groups excluding carboxylic acids is 1. The Hall–Kier alpha value is -1.18. The molecule has 0 radical (unpaired) electrons. The molecule has 0 spiro atoms. The van der Waals surface area contributed by atoms with Crippen molar-refractivity contribution in [2.75, 3.05) is 25.6 Å². The second-order valence-corrected chi connectivity index (χ2v) is 7.06. The van der Waals surface area contributed by atoms with Crippen molar-refractivity contribution in [2.45, 2.75) is 43.5 Å². The number of aromatic nitrogens is 2. The molecule has 1 aromatic heterocycles. The first kappa shape index (κ1) is 16.7. The number of hydrogen-bond donors (Lipinski definition) is 1. The predicted molar refractivity (Wildman–Crippen MR) is 87.3 cm³/mol. The largest absolute Gasteiger partial charge is 0.379 e. The van der Waals surface area contributed by atoms with E-state index >= 15 is 0 Å². The minimum atomic E-state index is -0.0611. The van der Waals surface area contributed by atoms with Crippen molar-refractivity contribution in [3.8, 4) is 0 Å². The second kappa shape index (κ2) is 8.08. The van der Waals surface area contributed by atoms with Crippen molar-refractivity contribution in [1.29, 1.82) is 0 Å². The molecule has 1 aliphatic heterocycles. The van der Waals surface area contributed by atoms with Crippen molar-refractivity contribution in [3.63, 3.8) is 0 Å². The third-order valence-electron chi connectivity index (χ3n) is 3.99. The Bertz CT molecular complexity index is 539. The smallest absolute Gasteiger partial charge is 0.230 e. The van der Waals surface area contributed by atoms with E-state index in [-0.39, 0.29) is 18.1 Å². The number of rotatable bonds is 7. The summed E-state index contributed by atoms with van der Waals surface area (Å²) in [5.74, 6) is 0.994. The molecule has 7 heteroatoms. The molecule has 1 N–H and O–H groups in total. The number of nitrogens with one attached hydrogen (secondary N) is 1. The lowest BCUT2D eigenvalue weighted by molar-refractivity contribution is -0.123. The maximum absolute atomic E-state index is 12.2. The highest BCUT2D eigenvalue weighted by Gasteiger charge is 2.30. The Labute approximate surface area is 140 Å². The minimum absolute atomic E-state index is 0.0318. The van der Waals surface area contributed by atoms with Crippen LogP contribution < -0.4 is 5.32 Å². The summed E-state index contributed by atoms with van der Waals surface area (Å²) in [6, 6.07) is 1.78. The first-order chi connectivity index (χ1) is 11.2. The third-order valence-corrected chi connectivity index (χ3v) is 4.85. The van der Waals surface area contributed by atoms with Gasteiger partial charge >= 0.3 is 0 Å². The maximum Gasteiger partial charge on any atom is 0.230 e. The molecule has 3 rings (SSSR count). The predicted octanol–water partition coefficient (Wildman–Crippen LogP) is 1.58. The van der Waals surface area contributed by atoms with Gasteiger partial charge in [0.1, 0.15) is 0 Å². The number of nitrogens with zero attached hydrogens (tertiary/aromatic N) is 2. The normalized spacial score (nSPS) is 24.4. The van der Waals surface area contributed by atoms with Gasteiger partial charge in [-0.05, 0) is 38.2 Å². The number of ether oxygens (including phenoxy) is 2. The van der Waals surface area contributed by atoms with Crippen molar-refractivity contribution in [2.24, 2.45) is 5.92 Å². The third kappa shape index (κ3) is 5.44. The van der Waals surface area contributed by atoms with Crippen molar-refractivity contribution in [1.82, 2.24) is 15.3 Å². The zero-order valence-electron chi connectivity index (χ0n) is 13.4. The van der Waals surface area contributed by atoms with Crippen molar-refractivity contribution < 1.29 is 14.3 Å². The van der Waals surface area contributed by atoms with Crippen LogP contribution in [0.15, 0.2) is 17.4 Å². The lowest BCUT2D eigenvalue weighted by Gasteiger charge is -2.32. The number of thioether (sulfide) groups is 1. The molecule has 23 heavy (non-hydrogen) atoms. The van der Waals surface area contributed by atoms with Gasteiger partial charge in [0.05, 0.1) is 24.5 Å². The summed E-state index contributed by atoms with van der Waals surface area (Å²) in [5, 5.41) is 3.66. The monoisotopic (exact) mass is 337 g/mol. The molecule has 0 unspecified atom stereocenters. The average molecular weight is 337 g/mol. The van der Waals surface area contributed by atoms with E-state index in [9.17, 15) is 4.79 Å². The Kier molecular flexibility index (Phi) is 5.85. The molecule has 0 aromatic carbocycles. The van der Waals surface area contributed by atoms with Crippen molar-refractivity contribution >= 4 is 17.7 Å². The standard InChI is InChI=1S/C16H23N3O3S/c1-11-4-6-17-16(18-11)23-10-15(20)19-13-9-21-7-5-14(13)22-8-12-2-3-12/h4,6,12-14H,2-3,5,7-10H2,1H3,(H,19,20)/t13-,14+/m1/s1. The van der Waals surface area contributed by atoms with Gasteiger partial charge in [0.2, 0.25) is 5.91 Å². The van der Waals surface area contributed by atoms with Gasteiger partial charge in [-0.3, -0.25) is 4.79 Å². The van der Waals surface area contributed by atoms with Gasteiger partial charge in [-0.25, -0.2) is 9.97 Å². The molecule has 1 amide bonds. The molecule has 2 heterocycles. The van der Waals surface area contributed by atoms with Crippen molar-refractivity contribution in [3.05, 3.63) is 18.0 Å². The van der Waals surface area contributed by atoms with E-state index < -0.39 is 0 Å². The first-order valence-corrected chi connectivity index (χ1v) is 9.10. The van der Waals surface area contributed by atoms with E-state index in [4.69, 9.17) is 9.47 Å². The van der Waals surface area contributed by atoms with Crippen LogP contribution in [0.3, 0.4) is 0 Å². The quantitative estimate of drug-likeness (QED) is 0.601. The maximum atomic E-state index is 12.2. The van der Waals surface area contributed by atoms with E-state index in [0.29, 0.717) is 24.1 Å². The van der Waals surface area contributed by atoms with Crippen LogP contribution in [0, 0.1) is 12.8 Å². The highest BCUT2D eigenvalue weighted by atomic mass is 32.2. The molecule has 1 aliphatic carbocycles. The zero-order chi connectivity index (χ0) is 16.1. The SMILES string of the molecule is Cc1ccnc(SCC(=O)N[C@@H]2COCC[C@@H]2OCC2CC2)n1.